The van der Waals surface area contributed by atoms with Crippen molar-refractivity contribution in [2.75, 3.05) is 32.1 Å². The van der Waals surface area contributed by atoms with Gasteiger partial charge >= 0.3 is 0 Å². The Morgan fingerprint density at radius 3 is 2.61 bits per heavy atom. The van der Waals surface area contributed by atoms with E-state index in [-0.39, 0.29) is 12.0 Å². The van der Waals surface area contributed by atoms with E-state index >= 15 is 0 Å². The smallest absolute Gasteiger partial charge is 0.227 e. The monoisotopic (exact) mass is 447 g/mol. The van der Waals surface area contributed by atoms with Crippen LogP contribution in [0.3, 0.4) is 0 Å². The summed E-state index contributed by atoms with van der Waals surface area (Å²) < 4.78 is 11.2. The van der Waals surface area contributed by atoms with E-state index in [1.54, 1.807) is 13.3 Å². The molecule has 1 amide bonds. The first-order valence-corrected chi connectivity index (χ1v) is 11.0. The second kappa shape index (κ2) is 9.95. The normalized spacial score (nSPS) is 15.9. The summed E-state index contributed by atoms with van der Waals surface area (Å²) in [5.41, 5.74) is 5.39. The average molecular weight is 448 g/mol. The number of nitrogens with one attached hydrogen (secondary N) is 1. The third-order valence-corrected chi connectivity index (χ3v) is 5.59. The number of benzene rings is 1. The van der Waals surface area contributed by atoms with Crippen molar-refractivity contribution in [3.8, 4) is 5.75 Å². The molecule has 0 unspecified atom stereocenters. The van der Waals surface area contributed by atoms with Crippen LogP contribution in [0.15, 0.2) is 42.6 Å². The molecule has 1 aliphatic rings. The van der Waals surface area contributed by atoms with Crippen LogP contribution in [-0.2, 0) is 16.0 Å². The molecule has 0 bridgehead atoms. The van der Waals surface area contributed by atoms with Gasteiger partial charge in [0.25, 0.3) is 0 Å². The molecule has 1 aromatic carbocycles. The van der Waals surface area contributed by atoms with Gasteiger partial charge in [0.15, 0.2) is 0 Å². The standard InChI is InChI=1S/C25H29N5O3/c1-16-11-19(5-8-22(16)32-4)13-24(31)30-9-10-33-23(15-30)21-7-6-20(14-26-21)29-25-27-17(2)12-18(3)28-25/h5-8,11-12,14,23H,9-10,13,15H2,1-4H3,(H,27,28,29)/t23-/m0/s1. The van der Waals surface area contributed by atoms with Crippen LogP contribution in [0.2, 0.25) is 0 Å². The van der Waals surface area contributed by atoms with Crippen molar-refractivity contribution in [3.63, 3.8) is 0 Å². The number of ether oxygens (including phenoxy) is 2. The molecular formula is C25H29N5O3. The molecule has 0 aliphatic carbocycles. The topological polar surface area (TPSA) is 89.5 Å². The molecule has 8 heteroatoms. The highest BCUT2D eigenvalue weighted by Crippen LogP contribution is 2.24. The highest BCUT2D eigenvalue weighted by atomic mass is 16.5. The molecule has 0 saturated carbocycles. The second-order valence-electron chi connectivity index (χ2n) is 8.25. The number of carbonyl (C=O) groups excluding carboxylic acids is 1. The van der Waals surface area contributed by atoms with Crippen LogP contribution in [0.5, 0.6) is 5.75 Å². The molecule has 3 heterocycles. The zero-order valence-electron chi connectivity index (χ0n) is 19.5. The van der Waals surface area contributed by atoms with Crippen molar-refractivity contribution in [1.82, 2.24) is 19.9 Å². The van der Waals surface area contributed by atoms with Gasteiger partial charge in [0.1, 0.15) is 11.9 Å². The lowest BCUT2D eigenvalue weighted by Crippen LogP contribution is -2.43. The lowest BCUT2D eigenvalue weighted by Gasteiger charge is -2.33. The van der Waals surface area contributed by atoms with E-state index in [0.29, 0.717) is 32.1 Å². The summed E-state index contributed by atoms with van der Waals surface area (Å²) in [5, 5.41) is 3.18. The minimum atomic E-state index is -0.258. The molecule has 4 rings (SSSR count). The summed E-state index contributed by atoms with van der Waals surface area (Å²) in [6.07, 6.45) is 1.83. The number of anilines is 2. The molecule has 1 saturated heterocycles. The molecule has 172 valence electrons. The van der Waals surface area contributed by atoms with Gasteiger partial charge in [-0.05, 0) is 56.2 Å². The Bertz CT molecular complexity index is 1110. The summed E-state index contributed by atoms with van der Waals surface area (Å²) in [6, 6.07) is 11.6. The van der Waals surface area contributed by atoms with Gasteiger partial charge in [-0.2, -0.15) is 0 Å². The van der Waals surface area contributed by atoms with E-state index in [1.165, 1.54) is 0 Å². The summed E-state index contributed by atoms with van der Waals surface area (Å²) in [7, 11) is 1.65. The molecule has 0 spiro atoms. The number of pyridine rings is 1. The molecule has 8 nitrogen and oxygen atoms in total. The van der Waals surface area contributed by atoms with E-state index < -0.39 is 0 Å². The maximum atomic E-state index is 12.9. The Kier molecular flexibility index (Phi) is 6.84. The van der Waals surface area contributed by atoms with E-state index in [4.69, 9.17) is 9.47 Å². The average Bonchev–Trinajstić information content (AvgIpc) is 2.79. The SMILES string of the molecule is COc1ccc(CC(=O)N2CCO[C@H](c3ccc(Nc4nc(C)cc(C)n4)cn3)C2)cc1C. The third-order valence-electron chi connectivity index (χ3n) is 5.59. The predicted molar refractivity (Wildman–Crippen MR) is 126 cm³/mol. The van der Waals surface area contributed by atoms with Crippen molar-refractivity contribution < 1.29 is 14.3 Å². The van der Waals surface area contributed by atoms with Gasteiger partial charge in [0.05, 0.1) is 44.3 Å². The fourth-order valence-electron chi connectivity index (χ4n) is 3.97. The van der Waals surface area contributed by atoms with E-state index in [1.807, 2.05) is 62.1 Å². The minimum Gasteiger partial charge on any atom is -0.496 e. The summed E-state index contributed by atoms with van der Waals surface area (Å²) in [5.74, 6) is 1.45. The van der Waals surface area contributed by atoms with Gasteiger partial charge in [0.2, 0.25) is 11.9 Å². The molecule has 1 atom stereocenters. The maximum absolute atomic E-state index is 12.9. The fourth-order valence-corrected chi connectivity index (χ4v) is 3.97. The number of carbonyl (C=O) groups is 1. The lowest BCUT2D eigenvalue weighted by atomic mass is 10.1. The van der Waals surface area contributed by atoms with Gasteiger partial charge in [-0.25, -0.2) is 9.97 Å². The first-order valence-electron chi connectivity index (χ1n) is 11.0. The fraction of sp³-hybridized carbons (Fsp3) is 0.360. The molecule has 33 heavy (non-hydrogen) atoms. The largest absolute Gasteiger partial charge is 0.496 e. The van der Waals surface area contributed by atoms with Crippen LogP contribution < -0.4 is 10.1 Å². The summed E-state index contributed by atoms with van der Waals surface area (Å²) >= 11 is 0. The van der Waals surface area contributed by atoms with Crippen molar-refractivity contribution in [1.29, 1.82) is 0 Å². The Hall–Kier alpha value is -3.52. The van der Waals surface area contributed by atoms with E-state index in [0.717, 1.165) is 39.6 Å². The van der Waals surface area contributed by atoms with Gasteiger partial charge in [-0.3, -0.25) is 9.78 Å². The Morgan fingerprint density at radius 1 is 1.15 bits per heavy atom. The number of morpholine rings is 1. The number of hydrogen-bond acceptors (Lipinski definition) is 7. The van der Waals surface area contributed by atoms with Crippen molar-refractivity contribution in [2.24, 2.45) is 0 Å². The quantitative estimate of drug-likeness (QED) is 0.616. The molecule has 0 radical (unpaired) electrons. The van der Waals surface area contributed by atoms with Gasteiger partial charge in [-0.1, -0.05) is 12.1 Å². The van der Waals surface area contributed by atoms with Crippen LogP contribution >= 0.6 is 0 Å². The number of aryl methyl sites for hydroxylation is 3. The van der Waals surface area contributed by atoms with E-state index in [2.05, 4.69) is 20.3 Å². The van der Waals surface area contributed by atoms with E-state index in [9.17, 15) is 4.79 Å². The number of hydrogen-bond donors (Lipinski definition) is 1. The molecule has 1 aliphatic heterocycles. The number of nitrogens with zero attached hydrogens (tertiary/aromatic N) is 4. The zero-order valence-corrected chi connectivity index (χ0v) is 19.5. The van der Waals surface area contributed by atoms with Crippen molar-refractivity contribution in [3.05, 3.63) is 70.8 Å². The van der Waals surface area contributed by atoms with Crippen molar-refractivity contribution in [2.45, 2.75) is 33.3 Å². The van der Waals surface area contributed by atoms with Crippen LogP contribution in [0.1, 0.15) is 34.3 Å². The number of rotatable bonds is 6. The highest BCUT2D eigenvalue weighted by Gasteiger charge is 2.26. The zero-order chi connectivity index (χ0) is 23.4. The Morgan fingerprint density at radius 2 is 1.94 bits per heavy atom. The predicted octanol–water partition coefficient (Wildman–Crippen LogP) is 3.69. The first kappa shape index (κ1) is 22.7. The molecule has 1 N–H and O–H groups in total. The van der Waals surface area contributed by atoms with Crippen LogP contribution in [0.4, 0.5) is 11.6 Å². The number of amides is 1. The molecule has 1 fully saturated rings. The minimum absolute atomic E-state index is 0.0816. The van der Waals surface area contributed by atoms with Gasteiger partial charge in [0, 0.05) is 17.9 Å². The summed E-state index contributed by atoms with van der Waals surface area (Å²) in [4.78, 5) is 28.1. The van der Waals surface area contributed by atoms with Crippen LogP contribution in [0.25, 0.3) is 0 Å². The number of methoxy groups -OCH3 is 1. The maximum Gasteiger partial charge on any atom is 0.227 e. The first-order chi connectivity index (χ1) is 15.9. The second-order valence-corrected chi connectivity index (χ2v) is 8.25. The van der Waals surface area contributed by atoms with Crippen molar-refractivity contribution >= 4 is 17.5 Å². The Balaban J connectivity index is 1.38. The van der Waals surface area contributed by atoms with Crippen LogP contribution in [0, 0.1) is 20.8 Å². The molecule has 3 aromatic rings. The third kappa shape index (κ3) is 5.64. The van der Waals surface area contributed by atoms with Gasteiger partial charge < -0.3 is 19.7 Å². The van der Waals surface area contributed by atoms with Crippen LogP contribution in [-0.4, -0.2) is 52.6 Å². The highest BCUT2D eigenvalue weighted by molar-refractivity contribution is 5.79. The lowest BCUT2D eigenvalue weighted by molar-refractivity contribution is -0.138. The van der Waals surface area contributed by atoms with Gasteiger partial charge in [-0.15, -0.1) is 0 Å². The number of aromatic nitrogens is 3. The molecule has 2 aromatic heterocycles. The Labute approximate surface area is 194 Å². The summed E-state index contributed by atoms with van der Waals surface area (Å²) in [6.45, 7) is 7.39. The molecular weight excluding hydrogens is 418 g/mol.